The largest absolute Gasteiger partial charge is 1.00 e. The van der Waals surface area contributed by atoms with Crippen LogP contribution in [0.4, 0.5) is 33.3 Å². The van der Waals surface area contributed by atoms with E-state index < -0.39 is 103 Å². The van der Waals surface area contributed by atoms with Crippen molar-refractivity contribution in [3.63, 3.8) is 0 Å². The van der Waals surface area contributed by atoms with Crippen molar-refractivity contribution >= 4 is 80.2 Å². The van der Waals surface area contributed by atoms with Crippen molar-refractivity contribution in [1.29, 1.82) is 0 Å². The van der Waals surface area contributed by atoms with Crippen molar-refractivity contribution in [2.75, 3.05) is 41.9 Å². The molecule has 0 aliphatic rings. The van der Waals surface area contributed by atoms with E-state index in [9.17, 15) is 56.8 Å². The van der Waals surface area contributed by atoms with Crippen molar-refractivity contribution in [3.8, 4) is 5.75 Å². The summed E-state index contributed by atoms with van der Waals surface area (Å²) in [7, 11) is -18.1. The average Bonchev–Trinajstić information content (AvgIpc) is 2.97. The number of aromatic nitrogens is 3. The number of anilines is 3. The van der Waals surface area contributed by atoms with E-state index in [0.717, 1.165) is 23.1 Å². The van der Waals surface area contributed by atoms with Crippen LogP contribution >= 0.6 is 0 Å². The van der Waals surface area contributed by atoms with Crippen LogP contribution in [0, 0.1) is 6.08 Å². The molecule has 2 N–H and O–H groups in total. The molecular weight excluding hydrogens is 811 g/mol. The maximum atomic E-state index is 14.3. The summed E-state index contributed by atoms with van der Waals surface area (Å²) in [6.45, 7) is -1.25. The fourth-order valence-electron chi connectivity index (χ4n) is 4.02. The van der Waals surface area contributed by atoms with Gasteiger partial charge in [0.1, 0.15) is 31.6 Å². The van der Waals surface area contributed by atoms with Crippen LogP contribution in [0.15, 0.2) is 68.6 Å². The third kappa shape index (κ3) is 13.7. The number of nitrogens with one attached hydrogen (secondary N) is 1. The van der Waals surface area contributed by atoms with E-state index in [1.165, 1.54) is 31.3 Å². The molecule has 3 aromatic carbocycles. The number of fused-ring (bicyclic) bond motifs is 1. The van der Waals surface area contributed by atoms with Gasteiger partial charge in [0.05, 0.1) is 27.9 Å². The van der Waals surface area contributed by atoms with Gasteiger partial charge in [0.2, 0.25) is 22.3 Å². The Kier molecular flexibility index (Phi) is 18.1. The molecule has 1 heterocycles. The van der Waals surface area contributed by atoms with Crippen molar-refractivity contribution in [2.45, 2.75) is 9.79 Å². The Hall–Kier alpha value is -1.50. The van der Waals surface area contributed by atoms with Crippen molar-refractivity contribution in [3.05, 3.63) is 54.6 Å². The summed E-state index contributed by atoms with van der Waals surface area (Å²) in [5, 5.41) is 20.3. The minimum atomic E-state index is -5.21. The Labute approximate surface area is 363 Å². The second kappa shape index (κ2) is 19.4. The van der Waals surface area contributed by atoms with Gasteiger partial charge in [-0.2, -0.15) is 19.3 Å². The molecule has 0 aliphatic carbocycles. The topological polar surface area (TPSA) is 314 Å². The minimum absolute atomic E-state index is 0. The van der Waals surface area contributed by atoms with Gasteiger partial charge < -0.3 is 29.0 Å². The Balaban J connectivity index is 0.00000451. The van der Waals surface area contributed by atoms with Crippen LogP contribution in [0.2, 0.25) is 0 Å². The van der Waals surface area contributed by atoms with Crippen molar-refractivity contribution in [1.82, 2.24) is 15.0 Å². The molecular formula is C24H21FN7Na3O13S4. The number of aromatic hydroxyl groups is 1. The number of sulfone groups is 1. The number of benzene rings is 3. The Morgan fingerprint density at radius 1 is 0.808 bits per heavy atom. The molecule has 0 unspecified atom stereocenters. The summed E-state index contributed by atoms with van der Waals surface area (Å²) in [6.07, 6.45) is -1.34. The quantitative estimate of drug-likeness (QED) is 0.0516. The van der Waals surface area contributed by atoms with Gasteiger partial charge in [0.15, 0.2) is 15.6 Å². The van der Waals surface area contributed by atoms with E-state index in [0.29, 0.717) is 6.07 Å². The van der Waals surface area contributed by atoms with Crippen LogP contribution in [0.25, 0.3) is 10.8 Å². The number of azo groups is 1. The maximum absolute atomic E-state index is 14.3. The first-order valence-corrected chi connectivity index (χ1v) is 19.0. The van der Waals surface area contributed by atoms with Gasteiger partial charge in [-0.05, 0) is 24.3 Å². The Morgan fingerprint density at radius 2 is 1.40 bits per heavy atom. The number of rotatable bonds is 14. The standard InChI is InChI=1S/C24H24FN7O13S4.3Na/c1-32(8-10-46(34,35)11-9-45-49(42,43)44)24-28-22(25)27-23(29-24)26-14-6-7-19(47(36,37)38)17(12-14)30-31-18-13-20(48(39,40)41)15-4-2-3-5-16(15)21(18)33;;;/h2-7,12-13,33H,8-11H2,1H3,(H,36,37,38)(H,39,40,41)(H,42,43,44)(H,26,27,28,29);;;/q;3*+1/p-3. The fourth-order valence-corrected chi connectivity index (χ4v) is 6.80. The van der Waals surface area contributed by atoms with E-state index in [4.69, 9.17) is 0 Å². The molecule has 28 heteroatoms. The van der Waals surface area contributed by atoms with E-state index in [1.54, 1.807) is 0 Å². The molecule has 20 nitrogen and oxygen atoms in total. The molecule has 4 aromatic rings. The van der Waals surface area contributed by atoms with Gasteiger partial charge in [-0.1, -0.05) is 24.3 Å². The van der Waals surface area contributed by atoms with Crippen molar-refractivity contribution in [2.24, 2.45) is 10.2 Å². The summed E-state index contributed by atoms with van der Waals surface area (Å²) in [5.74, 6) is -2.94. The molecule has 0 saturated heterocycles. The van der Waals surface area contributed by atoms with Crippen molar-refractivity contribution < 1.29 is 150 Å². The number of phenols is 1. The van der Waals surface area contributed by atoms with E-state index >= 15 is 0 Å². The third-order valence-corrected chi connectivity index (χ3v) is 10.1. The van der Waals surface area contributed by atoms with E-state index in [-0.39, 0.29) is 112 Å². The van der Waals surface area contributed by atoms with Gasteiger partial charge in [-0.25, -0.2) is 33.7 Å². The molecule has 0 atom stereocenters. The molecule has 0 amide bonds. The number of phenolic OH excluding ortho intramolecular Hbond substituents is 1. The van der Waals surface area contributed by atoms with Gasteiger partial charge in [0.25, 0.3) is 0 Å². The van der Waals surface area contributed by atoms with Crippen LogP contribution in [0.1, 0.15) is 0 Å². The molecule has 0 saturated carbocycles. The zero-order valence-electron chi connectivity index (χ0n) is 27.5. The second-order valence-electron chi connectivity index (χ2n) is 9.74. The fraction of sp³-hybridized carbons (Fsp3) is 0.208. The van der Waals surface area contributed by atoms with Gasteiger partial charge >= 0.3 is 94.8 Å². The van der Waals surface area contributed by atoms with Gasteiger partial charge in [-0.3, -0.25) is 4.18 Å². The molecule has 4 rings (SSSR count). The molecule has 0 spiro atoms. The molecule has 264 valence electrons. The van der Waals surface area contributed by atoms with E-state index in [2.05, 4.69) is 34.7 Å². The predicted molar refractivity (Wildman–Crippen MR) is 163 cm³/mol. The second-order valence-corrected chi connectivity index (χ2v) is 15.8. The van der Waals surface area contributed by atoms with Crippen LogP contribution in [-0.2, 0) is 44.7 Å². The Morgan fingerprint density at radius 3 is 2.00 bits per heavy atom. The van der Waals surface area contributed by atoms with Crippen LogP contribution in [0.5, 0.6) is 5.75 Å². The first-order chi connectivity index (χ1) is 22.6. The first-order valence-electron chi connectivity index (χ1n) is 13.1. The molecule has 0 radical (unpaired) electrons. The number of halogens is 1. The zero-order valence-corrected chi connectivity index (χ0v) is 36.8. The average molecular weight is 832 g/mol. The first kappa shape index (κ1) is 48.5. The third-order valence-electron chi connectivity index (χ3n) is 6.27. The summed E-state index contributed by atoms with van der Waals surface area (Å²) in [6, 6.07) is 8.87. The molecule has 52 heavy (non-hydrogen) atoms. The van der Waals surface area contributed by atoms with Crippen LogP contribution in [0.3, 0.4) is 0 Å². The predicted octanol–water partition coefficient (Wildman–Crippen LogP) is -7.82. The number of nitrogens with zero attached hydrogens (tertiary/aromatic N) is 6. The van der Waals surface area contributed by atoms with E-state index in [1.807, 2.05) is 0 Å². The smallest absolute Gasteiger partial charge is 0.744 e. The summed E-state index contributed by atoms with van der Waals surface area (Å²) >= 11 is 0. The molecule has 0 aliphatic heterocycles. The number of hydrogen-bond acceptors (Lipinski definition) is 20. The molecule has 0 fully saturated rings. The van der Waals surface area contributed by atoms with Crippen LogP contribution < -0.4 is 98.9 Å². The summed E-state index contributed by atoms with van der Waals surface area (Å²) < 4.78 is 145. The molecule has 0 bridgehead atoms. The summed E-state index contributed by atoms with van der Waals surface area (Å²) in [5.41, 5.74) is -1.33. The van der Waals surface area contributed by atoms with Gasteiger partial charge in [-0.15, -0.1) is 10.2 Å². The van der Waals surface area contributed by atoms with Gasteiger partial charge in [0, 0.05) is 30.1 Å². The minimum Gasteiger partial charge on any atom is -0.744 e. The summed E-state index contributed by atoms with van der Waals surface area (Å²) in [4.78, 5) is 10.3. The maximum Gasteiger partial charge on any atom is 1.00 e. The Bertz CT molecular complexity index is 2410. The SMILES string of the molecule is CN(CCS(=O)(=O)CCOS(=O)(=O)[O-])c1nc(F)nc(Nc2ccc(S(=O)(=O)[O-])c(N=Nc3cc(S(=O)(=O)[O-])c4ccccc4c3O)c2)n1.[Na+].[Na+].[Na+]. The number of hydrogen-bond donors (Lipinski definition) is 2. The molecule has 1 aromatic heterocycles. The van der Waals surface area contributed by atoms with Crippen LogP contribution in [-0.4, -0.2) is 99.1 Å². The monoisotopic (exact) mass is 831 g/mol. The zero-order chi connectivity index (χ0) is 36.4. The normalized spacial score (nSPS) is 12.1.